The quantitative estimate of drug-likeness (QED) is 0.660. The SMILES string of the molecule is OCCCc1ccccc1C(O)C(O)CCl. The van der Waals surface area contributed by atoms with E-state index in [-0.39, 0.29) is 12.5 Å². The van der Waals surface area contributed by atoms with Crippen LogP contribution in [0.4, 0.5) is 0 Å². The number of benzene rings is 1. The molecule has 2 unspecified atom stereocenters. The van der Waals surface area contributed by atoms with E-state index in [1.54, 1.807) is 6.07 Å². The fourth-order valence-electron chi connectivity index (χ4n) is 1.61. The Labute approximate surface area is 100 Å². The molecule has 0 aliphatic rings. The molecule has 90 valence electrons. The van der Waals surface area contributed by atoms with Crippen LogP contribution < -0.4 is 0 Å². The first-order chi connectivity index (χ1) is 7.70. The number of aliphatic hydroxyl groups excluding tert-OH is 3. The topological polar surface area (TPSA) is 60.7 Å². The van der Waals surface area contributed by atoms with Crippen molar-refractivity contribution in [3.05, 3.63) is 35.4 Å². The maximum atomic E-state index is 9.87. The highest BCUT2D eigenvalue weighted by Gasteiger charge is 2.19. The van der Waals surface area contributed by atoms with Gasteiger partial charge < -0.3 is 15.3 Å². The molecule has 0 saturated heterocycles. The highest BCUT2D eigenvalue weighted by atomic mass is 35.5. The van der Waals surface area contributed by atoms with Gasteiger partial charge in [0, 0.05) is 6.61 Å². The number of aliphatic hydroxyl groups is 3. The summed E-state index contributed by atoms with van der Waals surface area (Å²) in [6, 6.07) is 7.33. The van der Waals surface area contributed by atoms with Crippen molar-refractivity contribution in [1.29, 1.82) is 0 Å². The van der Waals surface area contributed by atoms with Gasteiger partial charge in [0.15, 0.2) is 0 Å². The fourth-order valence-corrected chi connectivity index (χ4v) is 1.78. The van der Waals surface area contributed by atoms with Crippen LogP contribution in [-0.2, 0) is 6.42 Å². The number of alkyl halides is 1. The molecule has 1 aromatic rings. The van der Waals surface area contributed by atoms with Gasteiger partial charge in [0.25, 0.3) is 0 Å². The molecule has 4 heteroatoms. The Morgan fingerprint density at radius 1 is 1.19 bits per heavy atom. The zero-order valence-corrected chi connectivity index (χ0v) is 9.77. The number of halogens is 1. The van der Waals surface area contributed by atoms with Crippen LogP contribution in [0.3, 0.4) is 0 Å². The molecule has 0 aliphatic carbocycles. The summed E-state index contributed by atoms with van der Waals surface area (Å²) in [6.45, 7) is 0.114. The first kappa shape index (κ1) is 13.5. The van der Waals surface area contributed by atoms with E-state index in [1.807, 2.05) is 18.2 Å². The number of hydrogen-bond donors (Lipinski definition) is 3. The lowest BCUT2D eigenvalue weighted by molar-refractivity contribution is 0.0321. The minimum atomic E-state index is -0.965. The van der Waals surface area contributed by atoms with Crippen LogP contribution in [0, 0.1) is 0 Å². The van der Waals surface area contributed by atoms with E-state index >= 15 is 0 Å². The monoisotopic (exact) mass is 244 g/mol. The summed E-state index contributed by atoms with van der Waals surface area (Å²) >= 11 is 5.50. The van der Waals surface area contributed by atoms with E-state index in [2.05, 4.69) is 0 Å². The maximum absolute atomic E-state index is 9.87. The van der Waals surface area contributed by atoms with Gasteiger partial charge in [-0.2, -0.15) is 0 Å². The van der Waals surface area contributed by atoms with Gasteiger partial charge in [-0.3, -0.25) is 0 Å². The van der Waals surface area contributed by atoms with Gasteiger partial charge >= 0.3 is 0 Å². The minimum absolute atomic E-state index is 0.00446. The second-order valence-electron chi connectivity index (χ2n) is 3.69. The van der Waals surface area contributed by atoms with Crippen LogP contribution in [0.15, 0.2) is 24.3 Å². The number of aryl methyl sites for hydroxylation is 1. The molecule has 1 rings (SSSR count). The van der Waals surface area contributed by atoms with Crippen LogP contribution in [0.25, 0.3) is 0 Å². The third-order valence-corrected chi connectivity index (χ3v) is 2.82. The van der Waals surface area contributed by atoms with E-state index in [1.165, 1.54) is 0 Å². The van der Waals surface area contributed by atoms with E-state index in [9.17, 15) is 10.2 Å². The molecule has 3 nitrogen and oxygen atoms in total. The van der Waals surface area contributed by atoms with Crippen molar-refractivity contribution in [2.45, 2.75) is 25.0 Å². The van der Waals surface area contributed by atoms with Crippen molar-refractivity contribution in [1.82, 2.24) is 0 Å². The molecule has 1 aromatic carbocycles. The summed E-state index contributed by atoms with van der Waals surface area (Å²) in [7, 11) is 0. The van der Waals surface area contributed by atoms with Gasteiger partial charge in [-0.15, -0.1) is 11.6 Å². The number of hydrogen-bond acceptors (Lipinski definition) is 3. The summed E-state index contributed by atoms with van der Waals surface area (Å²) < 4.78 is 0. The van der Waals surface area contributed by atoms with E-state index in [4.69, 9.17) is 16.7 Å². The summed E-state index contributed by atoms with van der Waals surface area (Å²) in [6.07, 6.45) is -0.608. The van der Waals surface area contributed by atoms with Crippen molar-refractivity contribution >= 4 is 11.6 Å². The molecule has 0 saturated carbocycles. The highest BCUT2D eigenvalue weighted by Crippen LogP contribution is 2.22. The van der Waals surface area contributed by atoms with Gasteiger partial charge in [-0.1, -0.05) is 24.3 Å². The minimum Gasteiger partial charge on any atom is -0.396 e. The lowest BCUT2D eigenvalue weighted by Gasteiger charge is -2.19. The molecule has 0 heterocycles. The number of rotatable bonds is 6. The Kier molecular flexibility index (Phi) is 5.77. The lowest BCUT2D eigenvalue weighted by Crippen LogP contribution is -2.21. The maximum Gasteiger partial charge on any atom is 0.106 e. The highest BCUT2D eigenvalue weighted by molar-refractivity contribution is 6.18. The average molecular weight is 245 g/mol. The Hall–Kier alpha value is -0.610. The summed E-state index contributed by atoms with van der Waals surface area (Å²) in [5.41, 5.74) is 1.62. The van der Waals surface area contributed by atoms with Crippen molar-refractivity contribution < 1.29 is 15.3 Å². The average Bonchev–Trinajstić information content (AvgIpc) is 2.34. The molecule has 0 bridgehead atoms. The second-order valence-corrected chi connectivity index (χ2v) is 4.00. The van der Waals surface area contributed by atoms with Gasteiger partial charge in [-0.05, 0) is 24.0 Å². The summed E-state index contributed by atoms with van der Waals surface area (Å²) in [5, 5.41) is 28.2. The van der Waals surface area contributed by atoms with Gasteiger partial charge in [0.05, 0.1) is 12.0 Å². The van der Waals surface area contributed by atoms with Crippen molar-refractivity contribution in [3.63, 3.8) is 0 Å². The largest absolute Gasteiger partial charge is 0.396 e. The molecular formula is C12H17ClO3. The van der Waals surface area contributed by atoms with Crippen LogP contribution in [0.1, 0.15) is 23.7 Å². The summed E-state index contributed by atoms with van der Waals surface area (Å²) in [4.78, 5) is 0. The second kappa shape index (κ2) is 6.86. The standard InChI is InChI=1S/C12H17ClO3/c13-8-11(15)12(16)10-6-2-1-4-9(10)5-3-7-14/h1-2,4,6,11-12,14-16H,3,5,7-8H2. The molecule has 0 aromatic heterocycles. The Morgan fingerprint density at radius 2 is 1.88 bits per heavy atom. The Bertz CT molecular complexity index is 317. The normalized spacial score (nSPS) is 14.8. The molecular weight excluding hydrogens is 228 g/mol. The summed E-state index contributed by atoms with van der Waals surface area (Å²) in [5.74, 6) is -0.00446. The van der Waals surface area contributed by atoms with Crippen molar-refractivity contribution in [2.24, 2.45) is 0 Å². The molecule has 0 spiro atoms. The lowest BCUT2D eigenvalue weighted by atomic mass is 9.96. The van der Waals surface area contributed by atoms with Gasteiger partial charge in [-0.25, -0.2) is 0 Å². The molecule has 16 heavy (non-hydrogen) atoms. The Morgan fingerprint density at radius 3 is 2.50 bits per heavy atom. The molecule has 0 radical (unpaired) electrons. The zero-order chi connectivity index (χ0) is 12.0. The zero-order valence-electron chi connectivity index (χ0n) is 9.01. The molecule has 0 aliphatic heterocycles. The van der Waals surface area contributed by atoms with Crippen molar-refractivity contribution in [3.8, 4) is 0 Å². The first-order valence-corrected chi connectivity index (χ1v) is 5.85. The van der Waals surface area contributed by atoms with Crippen LogP contribution in [-0.4, -0.2) is 33.9 Å². The molecule has 0 fully saturated rings. The van der Waals surface area contributed by atoms with Crippen molar-refractivity contribution in [2.75, 3.05) is 12.5 Å². The van der Waals surface area contributed by atoms with Crippen LogP contribution in [0.5, 0.6) is 0 Å². The van der Waals surface area contributed by atoms with E-state index < -0.39 is 12.2 Å². The van der Waals surface area contributed by atoms with Crippen LogP contribution >= 0.6 is 11.6 Å². The predicted molar refractivity (Wildman–Crippen MR) is 63.5 cm³/mol. The first-order valence-electron chi connectivity index (χ1n) is 5.31. The van der Waals surface area contributed by atoms with Crippen LogP contribution in [0.2, 0.25) is 0 Å². The Balaban J connectivity index is 2.84. The third-order valence-electron chi connectivity index (χ3n) is 2.50. The predicted octanol–water partition coefficient (Wildman–Crippen LogP) is 1.24. The molecule has 2 atom stereocenters. The van der Waals surface area contributed by atoms with Gasteiger partial charge in [0.2, 0.25) is 0 Å². The van der Waals surface area contributed by atoms with E-state index in [0.29, 0.717) is 18.4 Å². The molecule has 0 amide bonds. The third kappa shape index (κ3) is 3.46. The fraction of sp³-hybridized carbons (Fsp3) is 0.500. The van der Waals surface area contributed by atoms with Gasteiger partial charge in [0.1, 0.15) is 6.10 Å². The van der Waals surface area contributed by atoms with E-state index in [0.717, 1.165) is 5.56 Å². The smallest absolute Gasteiger partial charge is 0.106 e. The molecule has 3 N–H and O–H groups in total.